The molecule has 0 saturated carbocycles. The van der Waals surface area contributed by atoms with E-state index in [4.69, 9.17) is 0 Å². The van der Waals surface area contributed by atoms with Gasteiger partial charge in [-0.05, 0) is 12.1 Å². The Morgan fingerprint density at radius 2 is 2.22 bits per heavy atom. The van der Waals surface area contributed by atoms with Gasteiger partial charge >= 0.3 is 0 Å². The highest BCUT2D eigenvalue weighted by atomic mass is 16.2. The Balaban J connectivity index is 1.59. The Kier molecular flexibility index (Phi) is 2.55. The van der Waals surface area contributed by atoms with Crippen molar-refractivity contribution in [2.45, 2.75) is 12.3 Å². The fraction of sp³-hybridized carbons (Fsp3) is 0.333. The molecule has 0 unspecified atom stereocenters. The highest BCUT2D eigenvalue weighted by molar-refractivity contribution is 6.43. The highest BCUT2D eigenvalue weighted by Gasteiger charge is 2.36. The summed E-state index contributed by atoms with van der Waals surface area (Å²) in [5, 5.41) is 3.73. The zero-order valence-electron chi connectivity index (χ0n) is 9.67. The first kappa shape index (κ1) is 10.9. The molecule has 0 aromatic carbocycles. The molecule has 1 aromatic heterocycles. The lowest BCUT2D eigenvalue weighted by Crippen LogP contribution is -2.51. The van der Waals surface area contributed by atoms with E-state index in [0.29, 0.717) is 24.7 Å². The first-order valence-corrected chi connectivity index (χ1v) is 5.79. The Labute approximate surface area is 104 Å². The summed E-state index contributed by atoms with van der Waals surface area (Å²) >= 11 is 0. The first-order chi connectivity index (χ1) is 8.74. The molecular weight excluding hydrogens is 232 g/mol. The normalized spacial score (nSPS) is 19.2. The SMILES string of the molecule is O=C1CC(C(=O)N2CC(c3ccccn3)C2)=NN1. The van der Waals surface area contributed by atoms with Gasteiger partial charge in [-0.1, -0.05) is 6.07 Å². The number of hydrazone groups is 1. The van der Waals surface area contributed by atoms with Crippen LogP contribution in [0.1, 0.15) is 18.0 Å². The lowest BCUT2D eigenvalue weighted by atomic mass is 9.95. The standard InChI is InChI=1S/C12H12N4O2/c17-11-5-10(14-15-11)12(18)16-6-8(7-16)9-3-1-2-4-13-9/h1-4,8H,5-7H2,(H,15,17). The van der Waals surface area contributed by atoms with E-state index >= 15 is 0 Å². The summed E-state index contributed by atoms with van der Waals surface area (Å²) in [6.45, 7) is 1.28. The lowest BCUT2D eigenvalue weighted by molar-refractivity contribution is -0.128. The number of carbonyl (C=O) groups excluding carboxylic acids is 2. The number of nitrogens with one attached hydrogen (secondary N) is 1. The largest absolute Gasteiger partial charge is 0.336 e. The van der Waals surface area contributed by atoms with Crippen molar-refractivity contribution < 1.29 is 9.59 Å². The second-order valence-corrected chi connectivity index (χ2v) is 4.43. The zero-order chi connectivity index (χ0) is 12.5. The zero-order valence-corrected chi connectivity index (χ0v) is 9.67. The maximum absolute atomic E-state index is 11.9. The van der Waals surface area contributed by atoms with E-state index in [2.05, 4.69) is 15.5 Å². The Morgan fingerprint density at radius 1 is 1.39 bits per heavy atom. The number of carbonyl (C=O) groups is 2. The summed E-state index contributed by atoms with van der Waals surface area (Å²) in [6.07, 6.45) is 1.84. The number of amides is 2. The Bertz CT molecular complexity index is 520. The van der Waals surface area contributed by atoms with E-state index in [1.54, 1.807) is 11.1 Å². The maximum Gasteiger partial charge on any atom is 0.270 e. The van der Waals surface area contributed by atoms with Gasteiger partial charge in [0.1, 0.15) is 5.71 Å². The van der Waals surface area contributed by atoms with Gasteiger partial charge in [0, 0.05) is 30.9 Å². The lowest BCUT2D eigenvalue weighted by Gasteiger charge is -2.38. The minimum absolute atomic E-state index is 0.0869. The number of nitrogens with zero attached hydrogens (tertiary/aromatic N) is 3. The molecule has 1 N–H and O–H groups in total. The van der Waals surface area contributed by atoms with Gasteiger partial charge < -0.3 is 4.90 Å². The van der Waals surface area contributed by atoms with E-state index < -0.39 is 0 Å². The van der Waals surface area contributed by atoms with Gasteiger partial charge in [0.25, 0.3) is 5.91 Å². The Hall–Kier alpha value is -2.24. The number of pyridine rings is 1. The van der Waals surface area contributed by atoms with Gasteiger partial charge in [0.15, 0.2) is 0 Å². The number of likely N-dealkylation sites (tertiary alicyclic amines) is 1. The molecule has 6 nitrogen and oxygen atoms in total. The van der Waals surface area contributed by atoms with Crippen LogP contribution < -0.4 is 5.43 Å². The smallest absolute Gasteiger partial charge is 0.270 e. The second-order valence-electron chi connectivity index (χ2n) is 4.43. The summed E-state index contributed by atoms with van der Waals surface area (Å²) in [5.74, 6) is -0.0819. The number of hydrogen-bond acceptors (Lipinski definition) is 4. The van der Waals surface area contributed by atoms with Crippen molar-refractivity contribution in [1.29, 1.82) is 0 Å². The maximum atomic E-state index is 11.9. The quantitative estimate of drug-likeness (QED) is 0.788. The molecule has 18 heavy (non-hydrogen) atoms. The molecule has 6 heteroatoms. The van der Waals surface area contributed by atoms with E-state index in [9.17, 15) is 9.59 Å². The average molecular weight is 244 g/mol. The minimum atomic E-state index is -0.222. The minimum Gasteiger partial charge on any atom is -0.336 e. The summed E-state index contributed by atoms with van der Waals surface area (Å²) in [7, 11) is 0. The van der Waals surface area contributed by atoms with E-state index in [1.165, 1.54) is 0 Å². The monoisotopic (exact) mass is 244 g/mol. The van der Waals surface area contributed by atoms with Crippen molar-refractivity contribution in [3.63, 3.8) is 0 Å². The van der Waals surface area contributed by atoms with Gasteiger partial charge in [0.05, 0.1) is 6.42 Å². The van der Waals surface area contributed by atoms with E-state index in [1.807, 2.05) is 18.2 Å². The van der Waals surface area contributed by atoms with Crippen LogP contribution in [0.15, 0.2) is 29.5 Å². The van der Waals surface area contributed by atoms with Crippen molar-refractivity contribution in [1.82, 2.24) is 15.3 Å². The van der Waals surface area contributed by atoms with Crippen molar-refractivity contribution in [3.8, 4) is 0 Å². The number of aromatic nitrogens is 1. The summed E-state index contributed by atoms with van der Waals surface area (Å²) in [6, 6.07) is 5.77. The second kappa shape index (κ2) is 4.21. The van der Waals surface area contributed by atoms with Crippen LogP contribution in [0, 0.1) is 0 Å². The third kappa shape index (κ3) is 1.85. The van der Waals surface area contributed by atoms with Gasteiger partial charge in [-0.15, -0.1) is 0 Å². The highest BCUT2D eigenvalue weighted by Crippen LogP contribution is 2.25. The predicted molar refractivity (Wildman–Crippen MR) is 63.8 cm³/mol. The predicted octanol–water partition coefficient (Wildman–Crippen LogP) is -0.117. The van der Waals surface area contributed by atoms with Crippen LogP contribution in [0.25, 0.3) is 0 Å². The van der Waals surface area contributed by atoms with Crippen LogP contribution in [0.3, 0.4) is 0 Å². The first-order valence-electron chi connectivity index (χ1n) is 5.79. The molecule has 0 atom stereocenters. The molecule has 92 valence electrons. The van der Waals surface area contributed by atoms with Gasteiger partial charge in [-0.3, -0.25) is 14.6 Å². The number of rotatable bonds is 2. The molecule has 1 aromatic rings. The molecule has 0 spiro atoms. The van der Waals surface area contributed by atoms with Crippen LogP contribution in [0.4, 0.5) is 0 Å². The molecule has 3 heterocycles. The summed E-state index contributed by atoms with van der Waals surface area (Å²) in [5.41, 5.74) is 3.59. The number of hydrogen-bond donors (Lipinski definition) is 1. The summed E-state index contributed by atoms with van der Waals surface area (Å²) in [4.78, 5) is 28.9. The van der Waals surface area contributed by atoms with E-state index in [-0.39, 0.29) is 18.2 Å². The molecular formula is C12H12N4O2. The van der Waals surface area contributed by atoms with Crippen molar-refractivity contribution in [3.05, 3.63) is 30.1 Å². The average Bonchev–Trinajstić information content (AvgIpc) is 2.75. The summed E-state index contributed by atoms with van der Waals surface area (Å²) < 4.78 is 0. The fourth-order valence-electron chi connectivity index (χ4n) is 2.12. The molecule has 0 radical (unpaired) electrons. The molecule has 2 aliphatic rings. The fourth-order valence-corrected chi connectivity index (χ4v) is 2.12. The van der Waals surface area contributed by atoms with Gasteiger partial charge in [0.2, 0.25) is 5.91 Å². The van der Waals surface area contributed by atoms with Crippen LogP contribution in [0.2, 0.25) is 0 Å². The van der Waals surface area contributed by atoms with Gasteiger partial charge in [-0.2, -0.15) is 5.10 Å². The molecule has 2 aliphatic heterocycles. The van der Waals surface area contributed by atoms with Crippen molar-refractivity contribution in [2.24, 2.45) is 5.10 Å². The molecule has 1 saturated heterocycles. The van der Waals surface area contributed by atoms with Crippen LogP contribution in [0.5, 0.6) is 0 Å². The van der Waals surface area contributed by atoms with Crippen molar-refractivity contribution in [2.75, 3.05) is 13.1 Å². The molecule has 1 fully saturated rings. The third-order valence-corrected chi connectivity index (χ3v) is 3.17. The molecule has 3 rings (SSSR count). The molecule has 2 amide bonds. The van der Waals surface area contributed by atoms with Crippen molar-refractivity contribution >= 4 is 17.5 Å². The molecule has 0 aliphatic carbocycles. The van der Waals surface area contributed by atoms with Crippen LogP contribution in [-0.2, 0) is 9.59 Å². The van der Waals surface area contributed by atoms with E-state index in [0.717, 1.165) is 5.69 Å². The Morgan fingerprint density at radius 3 is 2.83 bits per heavy atom. The molecule has 0 bridgehead atoms. The van der Waals surface area contributed by atoms with Gasteiger partial charge in [-0.25, -0.2) is 5.43 Å². The third-order valence-electron chi connectivity index (χ3n) is 3.17. The van der Waals surface area contributed by atoms with Crippen LogP contribution in [-0.4, -0.2) is 40.5 Å². The van der Waals surface area contributed by atoms with Crippen LogP contribution >= 0.6 is 0 Å². The topological polar surface area (TPSA) is 74.7 Å².